The van der Waals surface area contributed by atoms with Crippen molar-refractivity contribution in [2.24, 2.45) is 11.7 Å². The van der Waals surface area contributed by atoms with Gasteiger partial charge in [0.05, 0.1) is 0 Å². The number of anilines is 1. The molecule has 1 aromatic carbocycles. The maximum atomic E-state index is 12.5. The van der Waals surface area contributed by atoms with Crippen LogP contribution >= 0.6 is 0 Å². The molecular weight excluding hydrogens is 334 g/mol. The van der Waals surface area contributed by atoms with Gasteiger partial charge in [-0.3, -0.25) is 0 Å². The van der Waals surface area contributed by atoms with Crippen LogP contribution in [0.15, 0.2) is 24.3 Å². The summed E-state index contributed by atoms with van der Waals surface area (Å²) in [7, 11) is 4.14. The molecule has 4 nitrogen and oxygen atoms in total. The van der Waals surface area contributed by atoms with Crippen LogP contribution in [0.4, 0.5) is 10.5 Å². The van der Waals surface area contributed by atoms with Gasteiger partial charge in [0, 0.05) is 31.4 Å². The molecule has 2 aliphatic rings. The molecule has 0 bridgehead atoms. The molecular formula is C23H37N3O. The minimum atomic E-state index is -0.222. The Hall–Kier alpha value is -1.71. The second kappa shape index (κ2) is 8.12. The summed E-state index contributed by atoms with van der Waals surface area (Å²) >= 11 is 0. The van der Waals surface area contributed by atoms with Gasteiger partial charge in [0.2, 0.25) is 0 Å². The molecule has 0 aromatic heterocycles. The molecule has 0 radical (unpaired) electrons. The van der Waals surface area contributed by atoms with Crippen LogP contribution in [0.1, 0.15) is 76.7 Å². The maximum absolute atomic E-state index is 12.5. The number of urea groups is 1. The number of amides is 2. The van der Waals surface area contributed by atoms with Crippen molar-refractivity contribution in [1.82, 2.24) is 4.90 Å². The van der Waals surface area contributed by atoms with Crippen LogP contribution in [-0.4, -0.2) is 36.6 Å². The zero-order chi connectivity index (χ0) is 19.6. The average Bonchev–Trinajstić information content (AvgIpc) is 2.63. The van der Waals surface area contributed by atoms with Gasteiger partial charge in [0.25, 0.3) is 0 Å². The van der Waals surface area contributed by atoms with Gasteiger partial charge >= 0.3 is 6.03 Å². The number of carbonyl (C=O) groups excluding carboxylic acids is 1. The van der Waals surface area contributed by atoms with Gasteiger partial charge in [-0.2, -0.15) is 0 Å². The number of benzene rings is 1. The zero-order valence-electron chi connectivity index (χ0n) is 17.6. The molecule has 4 heteroatoms. The Morgan fingerprint density at radius 1 is 1.07 bits per heavy atom. The lowest BCUT2D eigenvalue weighted by atomic mass is 9.72. The smallest absolute Gasteiger partial charge is 0.315 e. The van der Waals surface area contributed by atoms with Crippen LogP contribution < -0.4 is 10.6 Å². The van der Waals surface area contributed by atoms with E-state index in [0.717, 1.165) is 38.0 Å². The highest BCUT2D eigenvalue weighted by atomic mass is 16.2. The molecule has 2 amide bonds. The van der Waals surface area contributed by atoms with Gasteiger partial charge in [-0.1, -0.05) is 25.5 Å². The maximum Gasteiger partial charge on any atom is 0.315 e. The number of rotatable bonds is 4. The molecule has 2 fully saturated rings. The van der Waals surface area contributed by atoms with E-state index in [9.17, 15) is 4.79 Å². The number of carbonyl (C=O) groups is 1. The number of nitrogens with two attached hydrogens (primary N) is 1. The van der Waals surface area contributed by atoms with E-state index in [2.05, 4.69) is 62.0 Å². The minimum Gasteiger partial charge on any atom is -0.378 e. The molecule has 2 atom stereocenters. The fourth-order valence-corrected chi connectivity index (χ4v) is 5.40. The van der Waals surface area contributed by atoms with E-state index in [0.29, 0.717) is 12.0 Å². The first-order valence-electron chi connectivity index (χ1n) is 10.7. The van der Waals surface area contributed by atoms with Crippen molar-refractivity contribution in [3.8, 4) is 0 Å². The van der Waals surface area contributed by atoms with Crippen molar-refractivity contribution in [2.45, 2.75) is 82.7 Å². The third-order valence-electron chi connectivity index (χ3n) is 7.00. The third kappa shape index (κ3) is 4.41. The summed E-state index contributed by atoms with van der Waals surface area (Å²) < 4.78 is 0. The summed E-state index contributed by atoms with van der Waals surface area (Å²) in [6, 6.07) is 9.04. The monoisotopic (exact) mass is 371 g/mol. The van der Waals surface area contributed by atoms with E-state index in [1.807, 2.05) is 0 Å². The Bertz CT molecular complexity index is 634. The van der Waals surface area contributed by atoms with Crippen molar-refractivity contribution in [3.05, 3.63) is 29.8 Å². The van der Waals surface area contributed by atoms with E-state index in [-0.39, 0.29) is 11.6 Å². The lowest BCUT2D eigenvalue weighted by Crippen LogP contribution is -2.58. The van der Waals surface area contributed by atoms with Gasteiger partial charge < -0.3 is 15.5 Å². The summed E-state index contributed by atoms with van der Waals surface area (Å²) in [4.78, 5) is 16.7. The Balaban J connectivity index is 1.78. The first-order chi connectivity index (χ1) is 12.8. The number of nitrogens with zero attached hydrogens (tertiary/aromatic N) is 2. The van der Waals surface area contributed by atoms with E-state index < -0.39 is 0 Å². The second-order valence-corrected chi connectivity index (χ2v) is 9.40. The van der Waals surface area contributed by atoms with Gasteiger partial charge in [-0.05, 0) is 81.4 Å². The van der Waals surface area contributed by atoms with Crippen LogP contribution in [0, 0.1) is 5.92 Å². The molecule has 0 spiro atoms. The van der Waals surface area contributed by atoms with Crippen molar-refractivity contribution in [3.63, 3.8) is 0 Å². The van der Waals surface area contributed by atoms with Crippen LogP contribution in [-0.2, 0) is 0 Å². The number of primary amides is 1. The Morgan fingerprint density at radius 2 is 1.70 bits per heavy atom. The molecule has 0 aliphatic heterocycles. The standard InChI is InChI=1S/C23H37N3O/c1-17-7-11-21(12-8-17)26(22(24)27)23(2)15-5-6-19(16-23)18-9-13-20(14-10-18)25(3)4/h9-10,13-14,17,19,21H,5-8,11-12,15-16H2,1-4H3,(H2,24,27). The highest BCUT2D eigenvalue weighted by Gasteiger charge is 2.43. The molecule has 2 unspecified atom stereocenters. The molecule has 0 saturated heterocycles. The summed E-state index contributed by atoms with van der Waals surface area (Å²) in [6.07, 6.45) is 9.05. The Morgan fingerprint density at radius 3 is 2.26 bits per heavy atom. The van der Waals surface area contributed by atoms with Crippen LogP contribution in [0.5, 0.6) is 0 Å². The molecule has 27 heavy (non-hydrogen) atoms. The number of hydrogen-bond acceptors (Lipinski definition) is 2. The van der Waals surface area contributed by atoms with Crippen LogP contribution in [0.2, 0.25) is 0 Å². The van der Waals surface area contributed by atoms with Crippen molar-refractivity contribution in [1.29, 1.82) is 0 Å². The lowest BCUT2D eigenvalue weighted by molar-refractivity contribution is 0.0381. The SMILES string of the molecule is CC1CCC(N(C(N)=O)C2(C)CCCC(c3ccc(N(C)C)cc3)C2)CC1. The van der Waals surface area contributed by atoms with E-state index in [1.165, 1.54) is 30.5 Å². The largest absolute Gasteiger partial charge is 0.378 e. The summed E-state index contributed by atoms with van der Waals surface area (Å²) in [5.74, 6) is 1.28. The van der Waals surface area contributed by atoms with Crippen molar-refractivity contribution >= 4 is 11.7 Å². The molecule has 3 rings (SSSR count). The first kappa shape index (κ1) is 20.0. The fourth-order valence-electron chi connectivity index (χ4n) is 5.40. The van der Waals surface area contributed by atoms with Gasteiger partial charge in [0.1, 0.15) is 0 Å². The zero-order valence-corrected chi connectivity index (χ0v) is 17.6. The lowest BCUT2D eigenvalue weighted by Gasteiger charge is -2.50. The average molecular weight is 372 g/mol. The topological polar surface area (TPSA) is 49.6 Å². The van der Waals surface area contributed by atoms with Crippen LogP contribution in [0.3, 0.4) is 0 Å². The summed E-state index contributed by atoms with van der Waals surface area (Å²) in [5, 5.41) is 0. The minimum absolute atomic E-state index is 0.125. The fraction of sp³-hybridized carbons (Fsp3) is 0.696. The third-order valence-corrected chi connectivity index (χ3v) is 7.00. The highest BCUT2D eigenvalue weighted by molar-refractivity contribution is 5.73. The quantitative estimate of drug-likeness (QED) is 0.798. The van der Waals surface area contributed by atoms with Gasteiger partial charge in [-0.25, -0.2) is 4.79 Å². The molecule has 0 heterocycles. The van der Waals surface area contributed by atoms with E-state index >= 15 is 0 Å². The normalized spacial score (nSPS) is 31.3. The van der Waals surface area contributed by atoms with E-state index in [4.69, 9.17) is 5.73 Å². The summed E-state index contributed by atoms with van der Waals surface area (Å²) in [5.41, 5.74) is 8.44. The molecule has 1 aromatic rings. The molecule has 2 aliphatic carbocycles. The Kier molecular flexibility index (Phi) is 6.02. The van der Waals surface area contributed by atoms with Gasteiger partial charge in [-0.15, -0.1) is 0 Å². The van der Waals surface area contributed by atoms with Gasteiger partial charge in [0.15, 0.2) is 0 Å². The highest BCUT2D eigenvalue weighted by Crippen LogP contribution is 2.44. The van der Waals surface area contributed by atoms with Crippen molar-refractivity contribution < 1.29 is 4.79 Å². The molecule has 150 valence electrons. The summed E-state index contributed by atoms with van der Waals surface area (Å²) in [6.45, 7) is 4.59. The Labute approximate surface area is 165 Å². The first-order valence-corrected chi connectivity index (χ1v) is 10.7. The second-order valence-electron chi connectivity index (χ2n) is 9.40. The predicted molar refractivity (Wildman–Crippen MR) is 113 cm³/mol. The molecule has 2 N–H and O–H groups in total. The van der Waals surface area contributed by atoms with E-state index in [1.54, 1.807) is 0 Å². The molecule has 2 saturated carbocycles. The predicted octanol–water partition coefficient (Wildman–Crippen LogP) is 5.13. The van der Waals surface area contributed by atoms with Crippen LogP contribution in [0.25, 0.3) is 0 Å². The van der Waals surface area contributed by atoms with Crippen molar-refractivity contribution in [2.75, 3.05) is 19.0 Å². The number of hydrogen-bond donors (Lipinski definition) is 1.